The molecule has 0 atom stereocenters. The van der Waals surface area contributed by atoms with Gasteiger partial charge in [-0.15, -0.1) is 0 Å². The number of fused-ring (bicyclic) bond motifs is 1. The average Bonchev–Trinajstić information content (AvgIpc) is 2.95. The number of nitrogens with zero attached hydrogens (tertiary/aromatic N) is 5. The maximum Gasteiger partial charge on any atom is 0.274 e. The molecule has 1 aromatic heterocycles. The third-order valence-electron chi connectivity index (χ3n) is 6.92. The first-order valence-corrected chi connectivity index (χ1v) is 13.2. The van der Waals surface area contributed by atoms with Crippen molar-refractivity contribution in [1.82, 2.24) is 19.8 Å². The van der Waals surface area contributed by atoms with Gasteiger partial charge in [-0.2, -0.15) is 0 Å². The smallest absolute Gasteiger partial charge is 0.274 e. The van der Waals surface area contributed by atoms with Crippen LogP contribution in [0.5, 0.6) is 0 Å². The van der Waals surface area contributed by atoms with Gasteiger partial charge >= 0.3 is 0 Å². The number of hydrogen-bond donors (Lipinski definition) is 0. The number of hydrogen-bond acceptors (Lipinski definition) is 5. The lowest BCUT2D eigenvalue weighted by Crippen LogP contribution is -2.41. The van der Waals surface area contributed by atoms with Gasteiger partial charge in [0.05, 0.1) is 11.9 Å². The molecule has 2 heterocycles. The quantitative estimate of drug-likeness (QED) is 0.517. The molecule has 4 rings (SSSR count). The minimum Gasteiger partial charge on any atom is -0.332 e. The monoisotopic (exact) mass is 499 g/mol. The van der Waals surface area contributed by atoms with Crippen molar-refractivity contribution in [3.63, 3.8) is 0 Å². The van der Waals surface area contributed by atoms with Crippen molar-refractivity contribution in [2.24, 2.45) is 0 Å². The van der Waals surface area contributed by atoms with E-state index in [1.165, 1.54) is 0 Å². The number of aryl methyl sites for hydroxylation is 2. The molecule has 7 heteroatoms. The molecule has 0 aliphatic carbocycles. The van der Waals surface area contributed by atoms with Crippen molar-refractivity contribution in [3.8, 4) is 0 Å². The predicted molar refractivity (Wildman–Crippen MR) is 146 cm³/mol. The Balaban J connectivity index is 1.63. The number of para-hydroxylation sites is 1. The molecule has 0 saturated carbocycles. The lowest BCUT2D eigenvalue weighted by molar-refractivity contribution is -0.118. The summed E-state index contributed by atoms with van der Waals surface area (Å²) in [6.07, 6.45) is 5.18. The van der Waals surface area contributed by atoms with Crippen LogP contribution in [0.1, 0.15) is 54.0 Å². The van der Waals surface area contributed by atoms with E-state index in [0.717, 1.165) is 42.0 Å². The zero-order chi connectivity index (χ0) is 26.2. The Morgan fingerprint density at radius 1 is 0.892 bits per heavy atom. The average molecular weight is 500 g/mol. The summed E-state index contributed by atoms with van der Waals surface area (Å²) in [5.41, 5.74) is 4.11. The Labute approximate surface area is 220 Å². The molecule has 0 saturated heterocycles. The lowest BCUT2D eigenvalue weighted by atomic mass is 10.1. The highest BCUT2D eigenvalue weighted by Crippen LogP contribution is 2.25. The standard InChI is InChI=1S/C30H37N5O2/c1-23(2)33-16-9-17-35(29(36)15-14-25-10-5-4-6-11-25)28-13-8-7-12-26(28)22-34(19-18-33)30(37)27-21-31-24(3)20-32-27/h4-8,10-13,20-21,23H,9,14-19,22H2,1-3H3. The fourth-order valence-electron chi connectivity index (χ4n) is 4.75. The first-order chi connectivity index (χ1) is 17.9. The highest BCUT2D eigenvalue weighted by Gasteiger charge is 2.25. The second kappa shape index (κ2) is 12.6. The SMILES string of the molecule is Cc1cnc(C(=O)N2CCN(C(C)C)CCCN(C(=O)CCc3ccccc3)c3ccccc3C2)cn1. The van der Waals surface area contributed by atoms with Crippen molar-refractivity contribution in [1.29, 1.82) is 0 Å². The minimum atomic E-state index is -0.146. The first-order valence-electron chi connectivity index (χ1n) is 13.2. The highest BCUT2D eigenvalue weighted by molar-refractivity contribution is 5.95. The van der Waals surface area contributed by atoms with E-state index in [9.17, 15) is 9.59 Å². The topological polar surface area (TPSA) is 69.6 Å². The molecule has 0 radical (unpaired) electrons. The molecule has 0 N–H and O–H groups in total. The van der Waals surface area contributed by atoms with Gasteiger partial charge in [0.25, 0.3) is 5.91 Å². The van der Waals surface area contributed by atoms with Crippen LogP contribution < -0.4 is 4.90 Å². The van der Waals surface area contributed by atoms with Gasteiger partial charge in [0.15, 0.2) is 0 Å². The van der Waals surface area contributed by atoms with E-state index in [-0.39, 0.29) is 11.8 Å². The number of carbonyl (C=O) groups excluding carboxylic acids is 2. The van der Waals surface area contributed by atoms with Gasteiger partial charge in [0.2, 0.25) is 5.91 Å². The summed E-state index contributed by atoms with van der Waals surface area (Å²) in [6.45, 7) is 9.44. The maximum atomic E-state index is 13.6. The zero-order valence-electron chi connectivity index (χ0n) is 22.1. The molecule has 1 aliphatic rings. The normalized spacial score (nSPS) is 15.2. The van der Waals surface area contributed by atoms with Crippen LogP contribution >= 0.6 is 0 Å². The molecule has 0 bridgehead atoms. The van der Waals surface area contributed by atoms with Gasteiger partial charge in [-0.3, -0.25) is 19.5 Å². The molecule has 2 amide bonds. The van der Waals surface area contributed by atoms with Crippen LogP contribution in [0, 0.1) is 6.92 Å². The van der Waals surface area contributed by atoms with Crippen LogP contribution in [0.15, 0.2) is 67.0 Å². The zero-order valence-corrected chi connectivity index (χ0v) is 22.1. The summed E-state index contributed by atoms with van der Waals surface area (Å²) in [7, 11) is 0. The van der Waals surface area contributed by atoms with E-state index in [2.05, 4.69) is 40.8 Å². The third kappa shape index (κ3) is 7.01. The molecule has 0 fully saturated rings. The Morgan fingerprint density at radius 2 is 1.65 bits per heavy atom. The van der Waals surface area contributed by atoms with E-state index in [1.54, 1.807) is 12.4 Å². The fraction of sp³-hybridized carbons (Fsp3) is 0.400. The molecular weight excluding hydrogens is 462 g/mol. The number of aromatic nitrogens is 2. The van der Waals surface area contributed by atoms with E-state index in [4.69, 9.17) is 0 Å². The summed E-state index contributed by atoms with van der Waals surface area (Å²) in [5, 5.41) is 0. The second-order valence-electron chi connectivity index (χ2n) is 9.91. The molecule has 2 aromatic carbocycles. The van der Waals surface area contributed by atoms with Crippen LogP contribution in [0.3, 0.4) is 0 Å². The van der Waals surface area contributed by atoms with Gasteiger partial charge in [0, 0.05) is 57.1 Å². The number of rotatable bonds is 5. The molecule has 194 valence electrons. The Kier molecular flexibility index (Phi) is 9.01. The first kappa shape index (κ1) is 26.5. The second-order valence-corrected chi connectivity index (χ2v) is 9.91. The van der Waals surface area contributed by atoms with Crippen LogP contribution in [0.2, 0.25) is 0 Å². The van der Waals surface area contributed by atoms with E-state index in [0.29, 0.717) is 44.2 Å². The molecule has 0 spiro atoms. The molecule has 37 heavy (non-hydrogen) atoms. The van der Waals surface area contributed by atoms with Crippen molar-refractivity contribution in [2.75, 3.05) is 31.1 Å². The summed E-state index contributed by atoms with van der Waals surface area (Å²) in [4.78, 5) is 41.9. The lowest BCUT2D eigenvalue weighted by Gasteiger charge is -2.30. The predicted octanol–water partition coefficient (Wildman–Crippen LogP) is 4.51. The van der Waals surface area contributed by atoms with Crippen molar-refractivity contribution in [2.45, 2.75) is 52.6 Å². The largest absolute Gasteiger partial charge is 0.332 e. The van der Waals surface area contributed by atoms with Crippen molar-refractivity contribution < 1.29 is 9.59 Å². The molecule has 1 aliphatic heterocycles. The third-order valence-corrected chi connectivity index (χ3v) is 6.92. The molecule has 0 unspecified atom stereocenters. The fourth-order valence-corrected chi connectivity index (χ4v) is 4.75. The number of amides is 2. The summed E-state index contributed by atoms with van der Waals surface area (Å²) >= 11 is 0. The molecule has 3 aromatic rings. The number of carbonyl (C=O) groups is 2. The van der Waals surface area contributed by atoms with E-state index < -0.39 is 0 Å². The van der Waals surface area contributed by atoms with Gasteiger partial charge in [-0.25, -0.2) is 4.98 Å². The number of benzene rings is 2. The Morgan fingerprint density at radius 3 is 2.38 bits per heavy atom. The Hall–Kier alpha value is -3.58. The van der Waals surface area contributed by atoms with Gasteiger partial charge < -0.3 is 9.80 Å². The van der Waals surface area contributed by atoms with Crippen molar-refractivity contribution in [3.05, 3.63) is 89.5 Å². The van der Waals surface area contributed by atoms with Gasteiger partial charge in [-0.1, -0.05) is 48.5 Å². The molecule has 7 nitrogen and oxygen atoms in total. The summed E-state index contributed by atoms with van der Waals surface area (Å²) < 4.78 is 0. The van der Waals surface area contributed by atoms with Crippen LogP contribution in [0.4, 0.5) is 5.69 Å². The minimum absolute atomic E-state index is 0.105. The maximum absolute atomic E-state index is 13.6. The number of anilines is 1. The van der Waals surface area contributed by atoms with Crippen molar-refractivity contribution >= 4 is 17.5 Å². The Bertz CT molecular complexity index is 1180. The van der Waals surface area contributed by atoms with E-state index >= 15 is 0 Å². The molecular formula is C30H37N5O2. The van der Waals surface area contributed by atoms with Gasteiger partial charge in [0.1, 0.15) is 5.69 Å². The highest BCUT2D eigenvalue weighted by atomic mass is 16.2. The van der Waals surface area contributed by atoms with Crippen LogP contribution in [-0.2, 0) is 17.8 Å². The summed E-state index contributed by atoms with van der Waals surface area (Å²) in [5.74, 6) is -0.0406. The van der Waals surface area contributed by atoms with Crippen LogP contribution in [0.25, 0.3) is 0 Å². The van der Waals surface area contributed by atoms with Gasteiger partial charge in [-0.05, 0) is 50.8 Å². The summed E-state index contributed by atoms with van der Waals surface area (Å²) in [6, 6.07) is 18.4. The van der Waals surface area contributed by atoms with Crippen LogP contribution in [-0.4, -0.2) is 63.8 Å². The van der Waals surface area contributed by atoms with E-state index in [1.807, 2.05) is 59.2 Å².